The summed E-state index contributed by atoms with van der Waals surface area (Å²) in [5.41, 5.74) is 3.32. The van der Waals surface area contributed by atoms with E-state index in [9.17, 15) is 0 Å². The lowest BCUT2D eigenvalue weighted by atomic mass is 10.1. The van der Waals surface area contributed by atoms with Crippen LogP contribution in [0.15, 0.2) is 33.3 Å². The number of aromatic nitrogens is 1. The van der Waals surface area contributed by atoms with Gasteiger partial charge in [-0.3, -0.25) is 0 Å². The lowest BCUT2D eigenvalue weighted by Gasteiger charge is -2.11. The molecule has 0 atom stereocenters. The second-order valence-electron chi connectivity index (χ2n) is 4.03. The molecule has 0 radical (unpaired) electrons. The first-order valence-corrected chi connectivity index (χ1v) is 7.28. The molecule has 94 valence electrons. The van der Waals surface area contributed by atoms with Gasteiger partial charge in [0.05, 0.1) is 5.02 Å². The minimum absolute atomic E-state index is 0.586. The van der Waals surface area contributed by atoms with E-state index in [-0.39, 0.29) is 0 Å². The van der Waals surface area contributed by atoms with Crippen molar-refractivity contribution < 1.29 is 0 Å². The molecule has 2 aromatic rings. The molecule has 18 heavy (non-hydrogen) atoms. The molecule has 5 heteroatoms. The fraction of sp³-hybridized carbons (Fsp3) is 0.154. The highest BCUT2D eigenvalue weighted by atomic mass is 79.9. The van der Waals surface area contributed by atoms with Crippen LogP contribution in [0.5, 0.6) is 0 Å². The predicted octanol–water partition coefficient (Wildman–Crippen LogP) is 5.62. The summed E-state index contributed by atoms with van der Waals surface area (Å²) in [7, 11) is 0. The Morgan fingerprint density at radius 3 is 2.28 bits per heavy atom. The summed E-state index contributed by atoms with van der Waals surface area (Å²) in [6.45, 7) is 4.11. The minimum atomic E-state index is 0.586. The minimum Gasteiger partial charge on any atom is -0.339 e. The van der Waals surface area contributed by atoms with Crippen LogP contribution in [-0.2, 0) is 0 Å². The van der Waals surface area contributed by atoms with Gasteiger partial charge in [-0.1, -0.05) is 27.5 Å². The molecule has 0 saturated heterocycles. The molecule has 0 spiro atoms. The Hall–Kier alpha value is -0.580. The number of hydrogen-bond donors (Lipinski definition) is 1. The summed E-state index contributed by atoms with van der Waals surface area (Å²) < 4.78 is 1.99. The lowest BCUT2D eigenvalue weighted by molar-refractivity contribution is 1.28. The molecule has 1 heterocycles. The summed E-state index contributed by atoms with van der Waals surface area (Å²) in [6, 6.07) is 5.92. The summed E-state index contributed by atoms with van der Waals surface area (Å²) >= 11 is 13.0. The zero-order valence-electron chi connectivity index (χ0n) is 9.89. The number of halogens is 3. The van der Waals surface area contributed by atoms with Crippen LogP contribution in [0.2, 0.25) is 5.02 Å². The Labute approximate surface area is 128 Å². The van der Waals surface area contributed by atoms with Crippen LogP contribution in [0.3, 0.4) is 0 Å². The summed E-state index contributed by atoms with van der Waals surface area (Å²) in [5, 5.41) is 3.81. The van der Waals surface area contributed by atoms with Crippen molar-refractivity contribution in [2.75, 3.05) is 5.32 Å². The molecule has 0 bridgehead atoms. The highest BCUT2D eigenvalue weighted by Gasteiger charge is 2.06. The Morgan fingerprint density at radius 2 is 1.72 bits per heavy atom. The van der Waals surface area contributed by atoms with Gasteiger partial charge in [0.2, 0.25) is 0 Å². The number of nitrogens with zero attached hydrogens (tertiary/aromatic N) is 1. The maximum absolute atomic E-state index is 6.13. The molecular formula is C13H11Br2ClN2. The molecular weight excluding hydrogens is 379 g/mol. The van der Waals surface area contributed by atoms with Gasteiger partial charge in [-0.2, -0.15) is 0 Å². The zero-order valence-corrected chi connectivity index (χ0v) is 13.8. The molecule has 1 N–H and O–H groups in total. The van der Waals surface area contributed by atoms with E-state index in [1.807, 2.05) is 6.07 Å². The number of hydrogen-bond acceptors (Lipinski definition) is 2. The van der Waals surface area contributed by atoms with Crippen molar-refractivity contribution in [3.63, 3.8) is 0 Å². The molecule has 2 nitrogen and oxygen atoms in total. The Morgan fingerprint density at radius 1 is 1.11 bits per heavy atom. The Bertz CT molecular complexity index is 577. The molecule has 0 aliphatic heterocycles. The van der Waals surface area contributed by atoms with Crippen LogP contribution in [0.4, 0.5) is 11.5 Å². The first kappa shape index (κ1) is 13.8. The van der Waals surface area contributed by atoms with Crippen molar-refractivity contribution >= 4 is 55.0 Å². The molecule has 2 rings (SSSR count). The smallest absolute Gasteiger partial charge is 0.149 e. The van der Waals surface area contributed by atoms with Gasteiger partial charge < -0.3 is 5.32 Å². The molecule has 0 amide bonds. The van der Waals surface area contributed by atoms with Crippen molar-refractivity contribution in [3.05, 3.63) is 49.5 Å². The normalized spacial score (nSPS) is 10.5. The van der Waals surface area contributed by atoms with Crippen LogP contribution < -0.4 is 5.32 Å². The SMILES string of the molecule is Cc1cc(Nc2ncc(Br)cc2Cl)cc(C)c1Br. The van der Waals surface area contributed by atoms with Crippen molar-refractivity contribution in [1.82, 2.24) is 4.98 Å². The van der Waals surface area contributed by atoms with Crippen molar-refractivity contribution in [3.8, 4) is 0 Å². The molecule has 1 aromatic heterocycles. The van der Waals surface area contributed by atoms with Crippen molar-refractivity contribution in [2.24, 2.45) is 0 Å². The van der Waals surface area contributed by atoms with Gasteiger partial charge in [0.25, 0.3) is 0 Å². The number of rotatable bonds is 2. The summed E-state index contributed by atoms with van der Waals surface area (Å²) in [5.74, 6) is 0.654. The molecule has 1 aromatic carbocycles. The topological polar surface area (TPSA) is 24.9 Å². The van der Waals surface area contributed by atoms with Gasteiger partial charge in [-0.25, -0.2) is 4.98 Å². The van der Waals surface area contributed by atoms with E-state index < -0.39 is 0 Å². The Kier molecular flexibility index (Phi) is 4.30. The van der Waals surface area contributed by atoms with Crippen LogP contribution in [-0.4, -0.2) is 4.98 Å². The molecule has 0 saturated carbocycles. The second-order valence-corrected chi connectivity index (χ2v) is 6.15. The van der Waals surface area contributed by atoms with Gasteiger partial charge in [0.15, 0.2) is 0 Å². The van der Waals surface area contributed by atoms with Crippen LogP contribution in [0.1, 0.15) is 11.1 Å². The average Bonchev–Trinajstić information content (AvgIpc) is 2.29. The number of pyridine rings is 1. The number of nitrogens with one attached hydrogen (secondary N) is 1. The largest absolute Gasteiger partial charge is 0.339 e. The van der Waals surface area contributed by atoms with Crippen molar-refractivity contribution in [2.45, 2.75) is 13.8 Å². The average molecular weight is 391 g/mol. The van der Waals surface area contributed by atoms with E-state index >= 15 is 0 Å². The highest BCUT2D eigenvalue weighted by molar-refractivity contribution is 9.10. The Balaban J connectivity index is 2.34. The van der Waals surface area contributed by atoms with E-state index in [1.165, 1.54) is 11.1 Å². The third-order valence-electron chi connectivity index (χ3n) is 2.51. The van der Waals surface area contributed by atoms with E-state index in [0.717, 1.165) is 14.6 Å². The van der Waals surface area contributed by atoms with Gasteiger partial charge in [0, 0.05) is 20.8 Å². The fourth-order valence-corrected chi connectivity index (χ4v) is 2.57. The second kappa shape index (κ2) is 5.59. The fourth-order valence-electron chi connectivity index (χ4n) is 1.66. The summed E-state index contributed by atoms with van der Waals surface area (Å²) in [6.07, 6.45) is 1.72. The van der Waals surface area contributed by atoms with Gasteiger partial charge in [0.1, 0.15) is 5.82 Å². The molecule has 0 aliphatic rings. The quantitative estimate of drug-likeness (QED) is 0.720. The monoisotopic (exact) mass is 388 g/mol. The molecule has 0 unspecified atom stereocenters. The first-order valence-electron chi connectivity index (χ1n) is 5.32. The highest BCUT2D eigenvalue weighted by Crippen LogP contribution is 2.29. The maximum atomic E-state index is 6.13. The standard InChI is InChI=1S/C13H11Br2ClN2/c1-7-3-10(4-8(2)12(7)15)18-13-11(16)5-9(14)6-17-13/h3-6H,1-2H3,(H,17,18). The third kappa shape index (κ3) is 3.05. The first-order chi connectivity index (χ1) is 8.47. The van der Waals surface area contributed by atoms with E-state index in [2.05, 4.69) is 68.1 Å². The zero-order chi connectivity index (χ0) is 13.3. The predicted molar refractivity (Wildman–Crippen MR) is 83.8 cm³/mol. The molecule has 0 aliphatic carbocycles. The molecule has 0 fully saturated rings. The van der Waals surface area contributed by atoms with Crippen LogP contribution >= 0.6 is 43.5 Å². The van der Waals surface area contributed by atoms with Crippen molar-refractivity contribution in [1.29, 1.82) is 0 Å². The number of aryl methyl sites for hydroxylation is 2. The van der Waals surface area contributed by atoms with E-state index in [1.54, 1.807) is 6.20 Å². The van der Waals surface area contributed by atoms with Crippen LogP contribution in [0.25, 0.3) is 0 Å². The summed E-state index contributed by atoms with van der Waals surface area (Å²) in [4.78, 5) is 4.25. The third-order valence-corrected chi connectivity index (χ3v) is 4.48. The van der Waals surface area contributed by atoms with Gasteiger partial charge in [-0.15, -0.1) is 0 Å². The van der Waals surface area contributed by atoms with Gasteiger partial charge >= 0.3 is 0 Å². The maximum Gasteiger partial charge on any atom is 0.149 e. The van der Waals surface area contributed by atoms with Crippen LogP contribution in [0, 0.1) is 13.8 Å². The number of benzene rings is 1. The lowest BCUT2D eigenvalue weighted by Crippen LogP contribution is -1.96. The van der Waals surface area contributed by atoms with Gasteiger partial charge in [-0.05, 0) is 59.1 Å². The van der Waals surface area contributed by atoms with E-state index in [4.69, 9.17) is 11.6 Å². The van der Waals surface area contributed by atoms with E-state index in [0.29, 0.717) is 10.8 Å². The number of anilines is 2.